The Hall–Kier alpha value is -0.370. The maximum atomic E-state index is 12.0. The standard InChI is InChI=1S/C12H23NO/c1-3-10(4-2)8-11(14)12(9-13)6-5-7-12/h10H,3-9,13H2,1-2H3. The molecule has 0 aliphatic heterocycles. The van der Waals surface area contributed by atoms with Crippen LogP contribution in [0.15, 0.2) is 0 Å². The third-order valence-corrected chi connectivity index (χ3v) is 3.92. The van der Waals surface area contributed by atoms with Crippen molar-refractivity contribution >= 4 is 5.78 Å². The first kappa shape index (κ1) is 11.7. The largest absolute Gasteiger partial charge is 0.329 e. The summed E-state index contributed by atoms with van der Waals surface area (Å²) in [5, 5.41) is 0. The Kier molecular flexibility index (Phi) is 4.11. The van der Waals surface area contributed by atoms with Crippen LogP contribution in [-0.4, -0.2) is 12.3 Å². The minimum absolute atomic E-state index is 0.109. The number of carbonyl (C=O) groups excluding carboxylic acids is 1. The molecule has 1 saturated carbocycles. The first-order valence-electron chi connectivity index (χ1n) is 5.92. The summed E-state index contributed by atoms with van der Waals surface area (Å²) >= 11 is 0. The van der Waals surface area contributed by atoms with E-state index in [-0.39, 0.29) is 5.41 Å². The van der Waals surface area contributed by atoms with Crippen LogP contribution in [0.2, 0.25) is 0 Å². The lowest BCUT2D eigenvalue weighted by Crippen LogP contribution is -2.44. The monoisotopic (exact) mass is 197 g/mol. The van der Waals surface area contributed by atoms with Crippen LogP contribution in [0, 0.1) is 11.3 Å². The fourth-order valence-corrected chi connectivity index (χ4v) is 2.26. The van der Waals surface area contributed by atoms with E-state index in [1.54, 1.807) is 0 Å². The van der Waals surface area contributed by atoms with E-state index < -0.39 is 0 Å². The minimum Gasteiger partial charge on any atom is -0.329 e. The average Bonchev–Trinajstić information content (AvgIpc) is 2.13. The predicted molar refractivity (Wildman–Crippen MR) is 59.0 cm³/mol. The number of nitrogens with two attached hydrogens (primary N) is 1. The van der Waals surface area contributed by atoms with E-state index >= 15 is 0 Å². The van der Waals surface area contributed by atoms with Crippen LogP contribution in [-0.2, 0) is 4.79 Å². The summed E-state index contributed by atoms with van der Waals surface area (Å²) in [4.78, 5) is 12.0. The van der Waals surface area contributed by atoms with Crippen LogP contribution in [0.5, 0.6) is 0 Å². The first-order chi connectivity index (χ1) is 6.68. The van der Waals surface area contributed by atoms with E-state index in [0.29, 0.717) is 18.2 Å². The van der Waals surface area contributed by atoms with E-state index in [1.165, 1.54) is 6.42 Å². The van der Waals surface area contributed by atoms with Gasteiger partial charge in [-0.15, -0.1) is 0 Å². The summed E-state index contributed by atoms with van der Waals surface area (Å²) in [5.74, 6) is 1.01. The topological polar surface area (TPSA) is 43.1 Å². The lowest BCUT2D eigenvalue weighted by atomic mass is 9.64. The second-order valence-corrected chi connectivity index (χ2v) is 4.65. The molecule has 0 radical (unpaired) electrons. The van der Waals surface area contributed by atoms with E-state index in [1.807, 2.05) is 0 Å². The van der Waals surface area contributed by atoms with Crippen LogP contribution in [0.3, 0.4) is 0 Å². The predicted octanol–water partition coefficient (Wildman–Crippen LogP) is 2.51. The molecule has 0 atom stereocenters. The molecule has 0 bridgehead atoms. The molecule has 1 aliphatic carbocycles. The smallest absolute Gasteiger partial charge is 0.140 e. The van der Waals surface area contributed by atoms with Gasteiger partial charge >= 0.3 is 0 Å². The van der Waals surface area contributed by atoms with Gasteiger partial charge in [0.25, 0.3) is 0 Å². The van der Waals surface area contributed by atoms with Gasteiger partial charge in [0.05, 0.1) is 0 Å². The van der Waals surface area contributed by atoms with Gasteiger partial charge in [-0.25, -0.2) is 0 Å². The Morgan fingerprint density at radius 3 is 2.21 bits per heavy atom. The number of hydrogen-bond donors (Lipinski definition) is 1. The lowest BCUT2D eigenvalue weighted by molar-refractivity contribution is -0.133. The molecule has 0 saturated heterocycles. The highest BCUT2D eigenvalue weighted by Gasteiger charge is 2.42. The summed E-state index contributed by atoms with van der Waals surface area (Å²) in [6.45, 7) is 4.89. The maximum Gasteiger partial charge on any atom is 0.140 e. The highest BCUT2D eigenvalue weighted by Crippen LogP contribution is 2.42. The molecule has 0 heterocycles. The molecule has 2 heteroatoms. The van der Waals surface area contributed by atoms with Gasteiger partial charge in [-0.05, 0) is 18.8 Å². The second-order valence-electron chi connectivity index (χ2n) is 4.65. The quantitative estimate of drug-likeness (QED) is 0.711. The van der Waals surface area contributed by atoms with E-state index in [4.69, 9.17) is 5.73 Å². The van der Waals surface area contributed by atoms with Crippen molar-refractivity contribution in [2.45, 2.75) is 52.4 Å². The maximum absolute atomic E-state index is 12.0. The number of rotatable bonds is 6. The van der Waals surface area contributed by atoms with Crippen LogP contribution < -0.4 is 5.73 Å². The van der Waals surface area contributed by atoms with Crippen molar-refractivity contribution in [3.05, 3.63) is 0 Å². The van der Waals surface area contributed by atoms with Crippen LogP contribution >= 0.6 is 0 Å². The molecule has 82 valence electrons. The highest BCUT2D eigenvalue weighted by atomic mass is 16.1. The SMILES string of the molecule is CCC(CC)CC(=O)C1(CN)CCC1. The Bertz CT molecular complexity index is 187. The van der Waals surface area contributed by atoms with E-state index in [0.717, 1.165) is 32.1 Å². The number of ketones is 1. The Labute approximate surface area is 87.2 Å². The van der Waals surface area contributed by atoms with Gasteiger partial charge in [0.2, 0.25) is 0 Å². The van der Waals surface area contributed by atoms with Crippen molar-refractivity contribution in [3.8, 4) is 0 Å². The van der Waals surface area contributed by atoms with Crippen LogP contribution in [0.4, 0.5) is 0 Å². The normalized spacial score (nSPS) is 19.4. The number of hydrogen-bond acceptors (Lipinski definition) is 2. The van der Waals surface area contributed by atoms with Crippen molar-refractivity contribution in [2.75, 3.05) is 6.54 Å². The van der Waals surface area contributed by atoms with Crippen molar-refractivity contribution in [2.24, 2.45) is 17.1 Å². The van der Waals surface area contributed by atoms with Gasteiger partial charge in [0, 0.05) is 18.4 Å². The fraction of sp³-hybridized carbons (Fsp3) is 0.917. The number of Topliss-reactive ketones (excluding diaryl/α,β-unsaturated/α-hetero) is 1. The average molecular weight is 197 g/mol. The molecule has 1 fully saturated rings. The zero-order chi connectivity index (χ0) is 10.6. The van der Waals surface area contributed by atoms with Gasteiger partial charge in [-0.1, -0.05) is 33.1 Å². The zero-order valence-corrected chi connectivity index (χ0v) is 9.51. The minimum atomic E-state index is -0.109. The van der Waals surface area contributed by atoms with Crippen molar-refractivity contribution in [1.29, 1.82) is 0 Å². The van der Waals surface area contributed by atoms with Crippen LogP contribution in [0.25, 0.3) is 0 Å². The molecule has 2 N–H and O–H groups in total. The molecular formula is C12H23NO. The molecule has 0 aromatic heterocycles. The van der Waals surface area contributed by atoms with Crippen LogP contribution in [0.1, 0.15) is 52.4 Å². The Morgan fingerprint density at radius 2 is 1.93 bits per heavy atom. The summed E-state index contributed by atoms with van der Waals surface area (Å²) in [6, 6.07) is 0. The molecule has 0 amide bonds. The molecule has 0 unspecified atom stereocenters. The summed E-state index contributed by atoms with van der Waals surface area (Å²) in [5.41, 5.74) is 5.60. The fourth-order valence-electron chi connectivity index (χ4n) is 2.26. The molecule has 2 nitrogen and oxygen atoms in total. The zero-order valence-electron chi connectivity index (χ0n) is 9.51. The van der Waals surface area contributed by atoms with Gasteiger partial charge in [-0.2, -0.15) is 0 Å². The summed E-state index contributed by atoms with van der Waals surface area (Å²) < 4.78 is 0. The van der Waals surface area contributed by atoms with Crippen molar-refractivity contribution < 1.29 is 4.79 Å². The third-order valence-electron chi connectivity index (χ3n) is 3.92. The molecule has 1 rings (SSSR count). The summed E-state index contributed by atoms with van der Waals surface area (Å²) in [7, 11) is 0. The van der Waals surface area contributed by atoms with Gasteiger partial charge < -0.3 is 5.73 Å². The number of carbonyl (C=O) groups is 1. The molecular weight excluding hydrogens is 174 g/mol. The molecule has 14 heavy (non-hydrogen) atoms. The highest BCUT2D eigenvalue weighted by molar-refractivity contribution is 5.86. The molecule has 1 aliphatic rings. The summed E-state index contributed by atoms with van der Waals surface area (Å²) in [6.07, 6.45) is 6.23. The van der Waals surface area contributed by atoms with Gasteiger partial charge in [0.15, 0.2) is 0 Å². The van der Waals surface area contributed by atoms with Crippen molar-refractivity contribution in [1.82, 2.24) is 0 Å². The Morgan fingerprint density at radius 1 is 1.36 bits per heavy atom. The van der Waals surface area contributed by atoms with Crippen molar-refractivity contribution in [3.63, 3.8) is 0 Å². The molecule has 0 aromatic carbocycles. The lowest BCUT2D eigenvalue weighted by Gasteiger charge is -2.40. The first-order valence-corrected chi connectivity index (χ1v) is 5.92. The Balaban J connectivity index is 2.47. The second kappa shape index (κ2) is 4.92. The van der Waals surface area contributed by atoms with Gasteiger partial charge in [0.1, 0.15) is 5.78 Å². The van der Waals surface area contributed by atoms with E-state index in [9.17, 15) is 4.79 Å². The van der Waals surface area contributed by atoms with Gasteiger partial charge in [-0.3, -0.25) is 4.79 Å². The third kappa shape index (κ3) is 2.17. The van der Waals surface area contributed by atoms with E-state index in [2.05, 4.69) is 13.8 Å². The molecule has 0 spiro atoms. The molecule has 0 aromatic rings.